The van der Waals surface area contributed by atoms with Gasteiger partial charge in [0.15, 0.2) is 0 Å². The zero-order valence-electron chi connectivity index (χ0n) is 18.7. The van der Waals surface area contributed by atoms with Gasteiger partial charge in [-0.1, -0.05) is 55.5 Å². The number of hydrogen-bond acceptors (Lipinski definition) is 3. The number of nitrogens with one attached hydrogen (secondary N) is 1. The van der Waals surface area contributed by atoms with Crippen molar-refractivity contribution in [2.45, 2.75) is 40.5 Å². The lowest BCUT2D eigenvalue weighted by molar-refractivity contribution is -0.134. The summed E-state index contributed by atoms with van der Waals surface area (Å²) in [5.74, 6) is 0.368. The van der Waals surface area contributed by atoms with Crippen LogP contribution in [0.1, 0.15) is 37.9 Å². The number of para-hydroxylation sites is 1. The minimum atomic E-state index is -0.238. The maximum atomic E-state index is 13.0. The number of anilines is 1. The van der Waals surface area contributed by atoms with Gasteiger partial charge in [0.2, 0.25) is 11.8 Å². The Morgan fingerprint density at radius 3 is 2.32 bits per heavy atom. The number of carbonyl (C=O) groups excluding carboxylic acids is 2. The molecule has 2 amide bonds. The van der Waals surface area contributed by atoms with E-state index >= 15 is 0 Å². The van der Waals surface area contributed by atoms with Gasteiger partial charge >= 0.3 is 0 Å². The fraction of sp³-hybridized carbons (Fsp3) is 0.320. The van der Waals surface area contributed by atoms with Gasteiger partial charge in [-0.3, -0.25) is 9.59 Å². The average molecular weight is 419 g/mol. The lowest BCUT2D eigenvalue weighted by Gasteiger charge is -2.21. The predicted molar refractivity (Wildman–Crippen MR) is 124 cm³/mol. The number of likely N-dealkylation sites (N-methyl/N-ethyl adjacent to an activating group) is 1. The van der Waals surface area contributed by atoms with Gasteiger partial charge in [0.25, 0.3) is 0 Å². The van der Waals surface area contributed by atoms with Crippen molar-refractivity contribution < 1.29 is 9.59 Å². The molecule has 0 aliphatic carbocycles. The van der Waals surface area contributed by atoms with Gasteiger partial charge in [-0.2, -0.15) is 5.10 Å². The number of aromatic nitrogens is 2. The molecule has 1 heterocycles. The van der Waals surface area contributed by atoms with E-state index in [0.717, 1.165) is 34.5 Å². The Balaban J connectivity index is 2.02. The van der Waals surface area contributed by atoms with E-state index in [1.807, 2.05) is 82.3 Å². The van der Waals surface area contributed by atoms with Crippen molar-refractivity contribution in [1.82, 2.24) is 14.7 Å². The molecule has 6 heteroatoms. The number of amides is 2. The quantitative estimate of drug-likeness (QED) is 0.574. The summed E-state index contributed by atoms with van der Waals surface area (Å²) >= 11 is 0. The minimum absolute atomic E-state index is 0.00738. The lowest BCUT2D eigenvalue weighted by atomic mass is 10.1. The van der Waals surface area contributed by atoms with Crippen LogP contribution in [-0.4, -0.2) is 39.6 Å². The topological polar surface area (TPSA) is 67.2 Å². The molecule has 0 saturated carbocycles. The third-order valence-electron chi connectivity index (χ3n) is 5.26. The van der Waals surface area contributed by atoms with Crippen LogP contribution in [0.3, 0.4) is 0 Å². The van der Waals surface area contributed by atoms with Crippen molar-refractivity contribution in [3.8, 4) is 16.8 Å². The fourth-order valence-corrected chi connectivity index (χ4v) is 3.66. The van der Waals surface area contributed by atoms with Crippen molar-refractivity contribution >= 4 is 17.6 Å². The summed E-state index contributed by atoms with van der Waals surface area (Å²) in [6.45, 7) is 8.31. The maximum Gasteiger partial charge on any atom is 0.245 e. The summed E-state index contributed by atoms with van der Waals surface area (Å²) in [5.41, 5.74) is 4.62. The zero-order valence-corrected chi connectivity index (χ0v) is 18.7. The SMILES string of the molecule is CCCC(=O)N(CC)CC(=O)Nc1c(-c2ccccc2)c(C)nn1-c1ccccc1C. The van der Waals surface area contributed by atoms with E-state index < -0.39 is 0 Å². The molecular formula is C25H30N4O2. The van der Waals surface area contributed by atoms with Gasteiger partial charge < -0.3 is 10.2 Å². The maximum absolute atomic E-state index is 13.0. The molecule has 0 fully saturated rings. The van der Waals surface area contributed by atoms with Crippen molar-refractivity contribution in [1.29, 1.82) is 0 Å². The molecule has 2 aromatic carbocycles. The Morgan fingerprint density at radius 2 is 1.68 bits per heavy atom. The zero-order chi connectivity index (χ0) is 22.4. The third kappa shape index (κ3) is 5.02. The Labute approximate surface area is 183 Å². The summed E-state index contributed by atoms with van der Waals surface area (Å²) in [4.78, 5) is 26.9. The Kier molecular flexibility index (Phi) is 7.23. The minimum Gasteiger partial charge on any atom is -0.334 e. The fourth-order valence-electron chi connectivity index (χ4n) is 3.66. The van der Waals surface area contributed by atoms with E-state index in [0.29, 0.717) is 18.8 Å². The van der Waals surface area contributed by atoms with Crippen molar-refractivity contribution in [3.05, 3.63) is 65.9 Å². The normalized spacial score (nSPS) is 10.7. The number of rotatable bonds is 8. The molecule has 0 spiro atoms. The largest absolute Gasteiger partial charge is 0.334 e. The molecule has 0 bridgehead atoms. The van der Waals surface area contributed by atoms with E-state index in [9.17, 15) is 9.59 Å². The van der Waals surface area contributed by atoms with Crippen LogP contribution < -0.4 is 5.32 Å². The van der Waals surface area contributed by atoms with Crippen LogP contribution >= 0.6 is 0 Å². The van der Waals surface area contributed by atoms with Crippen molar-refractivity contribution in [3.63, 3.8) is 0 Å². The molecule has 1 N–H and O–H groups in total. The molecule has 1 aromatic heterocycles. The molecule has 6 nitrogen and oxygen atoms in total. The third-order valence-corrected chi connectivity index (χ3v) is 5.26. The Hall–Kier alpha value is -3.41. The second-order valence-electron chi connectivity index (χ2n) is 7.58. The van der Waals surface area contributed by atoms with Crippen molar-refractivity contribution in [2.75, 3.05) is 18.4 Å². The van der Waals surface area contributed by atoms with E-state index in [-0.39, 0.29) is 18.4 Å². The number of aryl methyl sites for hydroxylation is 2. The highest BCUT2D eigenvalue weighted by molar-refractivity contribution is 5.98. The molecule has 3 aromatic rings. The second kappa shape index (κ2) is 10.1. The van der Waals surface area contributed by atoms with Crippen LogP contribution in [0.2, 0.25) is 0 Å². The highest BCUT2D eigenvalue weighted by Gasteiger charge is 2.22. The highest BCUT2D eigenvalue weighted by Crippen LogP contribution is 2.34. The van der Waals surface area contributed by atoms with Crippen molar-refractivity contribution in [2.24, 2.45) is 0 Å². The first-order chi connectivity index (χ1) is 15.0. The monoisotopic (exact) mass is 418 g/mol. The summed E-state index contributed by atoms with van der Waals surface area (Å²) in [7, 11) is 0. The summed E-state index contributed by atoms with van der Waals surface area (Å²) < 4.78 is 1.79. The molecule has 0 aliphatic rings. The standard InChI is InChI=1S/C25H30N4O2/c1-5-12-23(31)28(6-2)17-22(30)26-25-24(20-14-8-7-9-15-20)19(4)27-29(25)21-16-11-10-13-18(21)3/h7-11,13-16H,5-6,12,17H2,1-4H3,(H,26,30). The first-order valence-electron chi connectivity index (χ1n) is 10.7. The molecular weight excluding hydrogens is 388 g/mol. The molecule has 3 rings (SSSR count). The number of hydrogen-bond donors (Lipinski definition) is 1. The van der Waals surface area contributed by atoms with E-state index in [2.05, 4.69) is 5.32 Å². The van der Waals surface area contributed by atoms with Gasteiger partial charge in [0.05, 0.1) is 17.9 Å². The number of nitrogens with zero attached hydrogens (tertiary/aromatic N) is 3. The molecule has 0 radical (unpaired) electrons. The predicted octanol–water partition coefficient (Wildman–Crippen LogP) is 4.74. The molecule has 0 unspecified atom stereocenters. The van der Waals surface area contributed by atoms with E-state index in [1.54, 1.807) is 9.58 Å². The first-order valence-corrected chi connectivity index (χ1v) is 10.7. The van der Waals surface area contributed by atoms with Gasteiger partial charge in [-0.25, -0.2) is 4.68 Å². The molecule has 0 saturated heterocycles. The summed E-state index contributed by atoms with van der Waals surface area (Å²) in [6.07, 6.45) is 1.20. The Morgan fingerprint density at radius 1 is 1.00 bits per heavy atom. The number of benzene rings is 2. The van der Waals surface area contributed by atoms with Gasteiger partial charge in [-0.05, 0) is 44.4 Å². The van der Waals surface area contributed by atoms with Gasteiger partial charge in [-0.15, -0.1) is 0 Å². The first kappa shape index (κ1) is 22.3. The average Bonchev–Trinajstić information content (AvgIpc) is 3.08. The number of carbonyl (C=O) groups is 2. The van der Waals surface area contributed by atoms with Crippen LogP contribution in [0.15, 0.2) is 54.6 Å². The molecule has 0 atom stereocenters. The smallest absolute Gasteiger partial charge is 0.245 e. The molecule has 162 valence electrons. The Bertz CT molecular complexity index is 1060. The van der Waals surface area contributed by atoms with Crippen LogP contribution in [-0.2, 0) is 9.59 Å². The van der Waals surface area contributed by atoms with Crippen LogP contribution in [0.5, 0.6) is 0 Å². The molecule has 0 aliphatic heterocycles. The van der Waals surface area contributed by atoms with E-state index in [1.165, 1.54) is 0 Å². The lowest BCUT2D eigenvalue weighted by Crippen LogP contribution is -2.38. The molecule has 31 heavy (non-hydrogen) atoms. The van der Waals surface area contributed by atoms with Gasteiger partial charge in [0, 0.05) is 18.5 Å². The summed E-state index contributed by atoms with van der Waals surface area (Å²) in [6, 6.07) is 17.8. The summed E-state index contributed by atoms with van der Waals surface area (Å²) in [5, 5.41) is 7.81. The van der Waals surface area contributed by atoms with Gasteiger partial charge in [0.1, 0.15) is 5.82 Å². The second-order valence-corrected chi connectivity index (χ2v) is 7.58. The van der Waals surface area contributed by atoms with Crippen LogP contribution in [0.4, 0.5) is 5.82 Å². The van der Waals surface area contributed by atoms with Crippen LogP contribution in [0, 0.1) is 13.8 Å². The van der Waals surface area contributed by atoms with Crippen LogP contribution in [0.25, 0.3) is 16.8 Å². The van der Waals surface area contributed by atoms with E-state index in [4.69, 9.17) is 5.10 Å². The highest BCUT2D eigenvalue weighted by atomic mass is 16.2.